The van der Waals surface area contributed by atoms with E-state index in [1.165, 1.54) is 17.7 Å². The fourth-order valence-electron chi connectivity index (χ4n) is 2.18. The minimum Gasteiger partial charge on any atom is -0.311 e. The van der Waals surface area contributed by atoms with Gasteiger partial charge in [-0.05, 0) is 43.4 Å². The topological polar surface area (TPSA) is 12.0 Å². The van der Waals surface area contributed by atoms with Crippen LogP contribution in [0, 0.1) is 11.7 Å². The maximum atomic E-state index is 12.8. The van der Waals surface area contributed by atoms with Crippen molar-refractivity contribution in [3.05, 3.63) is 35.6 Å². The molecule has 2 heteroatoms. The van der Waals surface area contributed by atoms with Crippen LogP contribution in [-0.4, -0.2) is 12.1 Å². The van der Waals surface area contributed by atoms with Gasteiger partial charge >= 0.3 is 0 Å². The molecular weight excluding hydrogens is 213 g/mol. The van der Waals surface area contributed by atoms with Crippen molar-refractivity contribution in [1.29, 1.82) is 0 Å². The lowest BCUT2D eigenvalue weighted by Gasteiger charge is -2.25. The molecule has 0 saturated carbocycles. The quantitative estimate of drug-likeness (QED) is 0.794. The summed E-state index contributed by atoms with van der Waals surface area (Å²) in [6.45, 7) is 8.88. The van der Waals surface area contributed by atoms with Crippen LogP contribution in [0.2, 0.25) is 0 Å². The van der Waals surface area contributed by atoms with Gasteiger partial charge in [0.05, 0.1) is 0 Å². The lowest BCUT2D eigenvalue weighted by atomic mass is 9.99. The van der Waals surface area contributed by atoms with Crippen LogP contribution in [0.5, 0.6) is 0 Å². The van der Waals surface area contributed by atoms with Crippen LogP contribution >= 0.6 is 0 Å². The highest BCUT2D eigenvalue weighted by Gasteiger charge is 2.13. The fraction of sp³-hybridized carbons (Fsp3) is 0.600. The van der Waals surface area contributed by atoms with Crippen LogP contribution in [-0.2, 0) is 6.42 Å². The molecule has 96 valence electrons. The third-order valence-corrected chi connectivity index (χ3v) is 3.20. The van der Waals surface area contributed by atoms with E-state index in [0.29, 0.717) is 18.0 Å². The summed E-state index contributed by atoms with van der Waals surface area (Å²) >= 11 is 0. The molecule has 0 radical (unpaired) electrons. The molecule has 1 aromatic rings. The molecule has 17 heavy (non-hydrogen) atoms. The van der Waals surface area contributed by atoms with Gasteiger partial charge in [0.25, 0.3) is 0 Å². The zero-order valence-corrected chi connectivity index (χ0v) is 11.3. The Bertz CT molecular complexity index is 318. The minimum absolute atomic E-state index is 0.164. The normalized spacial score (nSPS) is 14.9. The van der Waals surface area contributed by atoms with E-state index in [9.17, 15) is 4.39 Å². The average Bonchev–Trinajstić information content (AvgIpc) is 2.28. The van der Waals surface area contributed by atoms with Crippen LogP contribution in [0.4, 0.5) is 4.39 Å². The molecule has 0 aliphatic carbocycles. The molecule has 2 unspecified atom stereocenters. The standard InChI is InChI=1S/C15H24FN/c1-5-15(11(2)3)17-12(4)10-13-6-8-14(16)9-7-13/h6-9,11-12,15,17H,5,10H2,1-4H3. The molecule has 0 amide bonds. The molecule has 0 aliphatic heterocycles. The van der Waals surface area contributed by atoms with Crippen LogP contribution in [0.15, 0.2) is 24.3 Å². The molecule has 1 rings (SSSR count). The van der Waals surface area contributed by atoms with Gasteiger partial charge in [-0.15, -0.1) is 0 Å². The lowest BCUT2D eigenvalue weighted by Crippen LogP contribution is -2.40. The molecule has 1 aromatic carbocycles. The summed E-state index contributed by atoms with van der Waals surface area (Å²) in [6, 6.07) is 7.77. The van der Waals surface area contributed by atoms with Crippen molar-refractivity contribution in [3.63, 3.8) is 0 Å². The number of hydrogen-bond acceptors (Lipinski definition) is 1. The summed E-state index contributed by atoms with van der Waals surface area (Å²) in [5.41, 5.74) is 1.19. The van der Waals surface area contributed by atoms with Gasteiger partial charge in [-0.3, -0.25) is 0 Å². The Morgan fingerprint density at radius 1 is 1.12 bits per heavy atom. The molecular formula is C15H24FN. The monoisotopic (exact) mass is 237 g/mol. The fourth-order valence-corrected chi connectivity index (χ4v) is 2.18. The largest absolute Gasteiger partial charge is 0.311 e. The summed E-state index contributed by atoms with van der Waals surface area (Å²) in [5, 5.41) is 3.64. The first kappa shape index (κ1) is 14.2. The van der Waals surface area contributed by atoms with E-state index in [2.05, 4.69) is 33.0 Å². The van der Waals surface area contributed by atoms with Gasteiger partial charge in [0.1, 0.15) is 5.82 Å². The molecule has 0 spiro atoms. The van der Waals surface area contributed by atoms with Gasteiger partial charge in [-0.2, -0.15) is 0 Å². The minimum atomic E-state index is -0.164. The first-order chi connectivity index (χ1) is 8.02. The second kappa shape index (κ2) is 6.75. The summed E-state index contributed by atoms with van der Waals surface area (Å²) in [6.07, 6.45) is 2.09. The van der Waals surface area contributed by atoms with Gasteiger partial charge in [-0.25, -0.2) is 4.39 Å². The van der Waals surface area contributed by atoms with Crippen molar-refractivity contribution < 1.29 is 4.39 Å². The van der Waals surface area contributed by atoms with Crippen LogP contribution in [0.1, 0.15) is 39.7 Å². The highest BCUT2D eigenvalue weighted by Crippen LogP contribution is 2.10. The third-order valence-electron chi connectivity index (χ3n) is 3.20. The van der Waals surface area contributed by atoms with E-state index in [1.54, 1.807) is 0 Å². The Labute approximate surface area is 104 Å². The Morgan fingerprint density at radius 3 is 2.18 bits per heavy atom. The van der Waals surface area contributed by atoms with Crippen molar-refractivity contribution >= 4 is 0 Å². The molecule has 1 nitrogen and oxygen atoms in total. The van der Waals surface area contributed by atoms with Crippen LogP contribution < -0.4 is 5.32 Å². The highest BCUT2D eigenvalue weighted by atomic mass is 19.1. The van der Waals surface area contributed by atoms with E-state index in [4.69, 9.17) is 0 Å². The summed E-state index contributed by atoms with van der Waals surface area (Å²) in [7, 11) is 0. The second-order valence-electron chi connectivity index (χ2n) is 5.16. The summed E-state index contributed by atoms with van der Waals surface area (Å²) < 4.78 is 12.8. The van der Waals surface area contributed by atoms with Crippen molar-refractivity contribution in [2.45, 2.75) is 52.6 Å². The van der Waals surface area contributed by atoms with Crippen molar-refractivity contribution in [3.8, 4) is 0 Å². The lowest BCUT2D eigenvalue weighted by molar-refractivity contribution is 0.351. The van der Waals surface area contributed by atoms with Crippen molar-refractivity contribution in [1.82, 2.24) is 5.32 Å². The van der Waals surface area contributed by atoms with Crippen molar-refractivity contribution in [2.75, 3.05) is 0 Å². The zero-order valence-electron chi connectivity index (χ0n) is 11.3. The Hall–Kier alpha value is -0.890. The Kier molecular flexibility index (Phi) is 5.63. The molecule has 0 saturated heterocycles. The van der Waals surface area contributed by atoms with Gasteiger partial charge in [-0.1, -0.05) is 32.9 Å². The van der Waals surface area contributed by atoms with Crippen LogP contribution in [0.3, 0.4) is 0 Å². The molecule has 0 fully saturated rings. The summed E-state index contributed by atoms with van der Waals surface area (Å²) in [5.74, 6) is 0.485. The average molecular weight is 237 g/mol. The Balaban J connectivity index is 2.48. The molecule has 2 atom stereocenters. The first-order valence-corrected chi connectivity index (χ1v) is 6.53. The molecule has 1 N–H and O–H groups in total. The van der Waals surface area contributed by atoms with E-state index in [0.717, 1.165) is 12.8 Å². The number of hydrogen-bond donors (Lipinski definition) is 1. The molecule has 0 aliphatic rings. The first-order valence-electron chi connectivity index (χ1n) is 6.53. The zero-order chi connectivity index (χ0) is 12.8. The Morgan fingerprint density at radius 2 is 1.71 bits per heavy atom. The number of rotatable bonds is 6. The SMILES string of the molecule is CCC(NC(C)Cc1ccc(F)cc1)C(C)C. The predicted molar refractivity (Wildman–Crippen MR) is 71.6 cm³/mol. The maximum absolute atomic E-state index is 12.8. The van der Waals surface area contributed by atoms with E-state index < -0.39 is 0 Å². The number of halogens is 1. The van der Waals surface area contributed by atoms with Gasteiger partial charge < -0.3 is 5.32 Å². The van der Waals surface area contributed by atoms with E-state index >= 15 is 0 Å². The smallest absolute Gasteiger partial charge is 0.123 e. The van der Waals surface area contributed by atoms with Crippen molar-refractivity contribution in [2.24, 2.45) is 5.92 Å². The van der Waals surface area contributed by atoms with Crippen LogP contribution in [0.25, 0.3) is 0 Å². The van der Waals surface area contributed by atoms with Gasteiger partial charge in [0.2, 0.25) is 0 Å². The van der Waals surface area contributed by atoms with E-state index in [1.807, 2.05) is 12.1 Å². The highest BCUT2D eigenvalue weighted by molar-refractivity contribution is 5.17. The number of benzene rings is 1. The van der Waals surface area contributed by atoms with E-state index in [-0.39, 0.29) is 5.82 Å². The maximum Gasteiger partial charge on any atom is 0.123 e. The molecule has 0 bridgehead atoms. The second-order valence-corrected chi connectivity index (χ2v) is 5.16. The third kappa shape index (κ3) is 4.86. The molecule has 0 aromatic heterocycles. The molecule has 0 heterocycles. The van der Waals surface area contributed by atoms with Gasteiger partial charge in [0, 0.05) is 12.1 Å². The predicted octanol–water partition coefficient (Wildman–Crippen LogP) is 3.78. The van der Waals surface area contributed by atoms with Gasteiger partial charge in [0.15, 0.2) is 0 Å². The number of nitrogens with one attached hydrogen (secondary N) is 1. The summed E-state index contributed by atoms with van der Waals surface area (Å²) in [4.78, 5) is 0.